The SMILES string of the molecule is COc1ccc(CNc2nc(C)cc(C#N)n2)cc1OC. The summed E-state index contributed by atoms with van der Waals surface area (Å²) in [7, 11) is 3.19. The molecule has 108 valence electrons. The van der Waals surface area contributed by atoms with Gasteiger partial charge in [0.1, 0.15) is 11.8 Å². The highest BCUT2D eigenvalue weighted by Gasteiger charge is 2.06. The number of anilines is 1. The standard InChI is InChI=1S/C15H16N4O2/c1-10-6-12(8-16)19-15(18-10)17-9-11-4-5-13(20-2)14(7-11)21-3/h4-7H,9H2,1-3H3,(H,17,18,19). The van der Waals surface area contributed by atoms with Gasteiger partial charge in [-0.3, -0.25) is 0 Å². The summed E-state index contributed by atoms with van der Waals surface area (Å²) in [6.45, 7) is 2.35. The summed E-state index contributed by atoms with van der Waals surface area (Å²) >= 11 is 0. The second kappa shape index (κ2) is 6.57. The minimum atomic E-state index is 0.345. The monoisotopic (exact) mass is 284 g/mol. The summed E-state index contributed by atoms with van der Waals surface area (Å²) in [6, 6.07) is 9.30. The molecule has 2 rings (SSSR count). The molecule has 0 unspecified atom stereocenters. The molecule has 0 fully saturated rings. The zero-order chi connectivity index (χ0) is 15.2. The normalized spacial score (nSPS) is 9.81. The third-order valence-corrected chi connectivity index (χ3v) is 2.87. The number of nitriles is 1. The van der Waals surface area contributed by atoms with E-state index in [2.05, 4.69) is 15.3 Å². The van der Waals surface area contributed by atoms with Gasteiger partial charge in [-0.2, -0.15) is 5.26 Å². The lowest BCUT2D eigenvalue weighted by molar-refractivity contribution is 0.354. The van der Waals surface area contributed by atoms with Crippen molar-refractivity contribution in [1.82, 2.24) is 9.97 Å². The van der Waals surface area contributed by atoms with E-state index in [0.29, 0.717) is 29.7 Å². The van der Waals surface area contributed by atoms with Gasteiger partial charge in [-0.05, 0) is 30.7 Å². The first-order valence-corrected chi connectivity index (χ1v) is 6.37. The van der Waals surface area contributed by atoms with Crippen molar-refractivity contribution in [3.05, 3.63) is 41.2 Å². The highest BCUT2D eigenvalue weighted by Crippen LogP contribution is 2.27. The van der Waals surface area contributed by atoms with Crippen molar-refractivity contribution in [3.63, 3.8) is 0 Å². The fraction of sp³-hybridized carbons (Fsp3) is 0.267. The van der Waals surface area contributed by atoms with E-state index in [1.807, 2.05) is 31.2 Å². The van der Waals surface area contributed by atoms with Gasteiger partial charge in [0.25, 0.3) is 0 Å². The van der Waals surface area contributed by atoms with Crippen molar-refractivity contribution in [1.29, 1.82) is 5.26 Å². The number of methoxy groups -OCH3 is 2. The van der Waals surface area contributed by atoms with E-state index in [4.69, 9.17) is 14.7 Å². The van der Waals surface area contributed by atoms with Crippen LogP contribution in [0.2, 0.25) is 0 Å². The lowest BCUT2D eigenvalue weighted by Gasteiger charge is -2.10. The van der Waals surface area contributed by atoms with E-state index in [9.17, 15) is 0 Å². The van der Waals surface area contributed by atoms with Crippen LogP contribution in [0.3, 0.4) is 0 Å². The second-order valence-corrected chi connectivity index (χ2v) is 4.37. The Kier molecular flexibility index (Phi) is 4.57. The Labute approximate surface area is 123 Å². The number of hydrogen-bond donors (Lipinski definition) is 1. The average Bonchev–Trinajstić information content (AvgIpc) is 2.52. The van der Waals surface area contributed by atoms with Crippen molar-refractivity contribution in [2.45, 2.75) is 13.5 Å². The summed E-state index contributed by atoms with van der Waals surface area (Å²) in [4.78, 5) is 8.35. The van der Waals surface area contributed by atoms with Gasteiger partial charge in [0.15, 0.2) is 11.5 Å². The molecule has 0 saturated heterocycles. The molecule has 2 aromatic rings. The van der Waals surface area contributed by atoms with Crippen LogP contribution in [0.25, 0.3) is 0 Å². The molecule has 6 nitrogen and oxygen atoms in total. The molecule has 0 aliphatic carbocycles. The van der Waals surface area contributed by atoms with E-state index in [-0.39, 0.29) is 0 Å². The van der Waals surface area contributed by atoms with Gasteiger partial charge in [0.05, 0.1) is 14.2 Å². The van der Waals surface area contributed by atoms with Gasteiger partial charge in [0.2, 0.25) is 5.95 Å². The van der Waals surface area contributed by atoms with Crippen molar-refractivity contribution in [3.8, 4) is 17.6 Å². The minimum absolute atomic E-state index is 0.345. The first-order valence-electron chi connectivity index (χ1n) is 6.37. The zero-order valence-corrected chi connectivity index (χ0v) is 12.2. The predicted octanol–water partition coefficient (Wildman–Crippen LogP) is 2.29. The molecule has 0 aliphatic heterocycles. The number of nitrogens with zero attached hydrogens (tertiary/aromatic N) is 3. The van der Waals surface area contributed by atoms with Gasteiger partial charge in [-0.1, -0.05) is 6.07 Å². The van der Waals surface area contributed by atoms with Gasteiger partial charge in [-0.25, -0.2) is 9.97 Å². The molecule has 0 aliphatic rings. The number of ether oxygens (including phenoxy) is 2. The molecule has 0 saturated carbocycles. The van der Waals surface area contributed by atoms with Crippen LogP contribution in [0.4, 0.5) is 5.95 Å². The third kappa shape index (κ3) is 3.60. The summed E-state index contributed by atoms with van der Waals surface area (Å²) < 4.78 is 10.5. The maximum Gasteiger partial charge on any atom is 0.224 e. The Hall–Kier alpha value is -2.81. The number of nitrogens with one attached hydrogen (secondary N) is 1. The summed E-state index contributed by atoms with van der Waals surface area (Å²) in [5, 5.41) is 12.0. The zero-order valence-electron chi connectivity index (χ0n) is 12.2. The maximum absolute atomic E-state index is 8.90. The van der Waals surface area contributed by atoms with Crippen LogP contribution < -0.4 is 14.8 Å². The summed E-state index contributed by atoms with van der Waals surface area (Å²) in [6.07, 6.45) is 0. The number of hydrogen-bond acceptors (Lipinski definition) is 6. The fourth-order valence-corrected chi connectivity index (χ4v) is 1.88. The van der Waals surface area contributed by atoms with Crippen LogP contribution in [0.15, 0.2) is 24.3 Å². The van der Waals surface area contributed by atoms with Crippen molar-refractivity contribution < 1.29 is 9.47 Å². The topological polar surface area (TPSA) is 80.1 Å². The smallest absolute Gasteiger partial charge is 0.224 e. The Morgan fingerprint density at radius 2 is 1.90 bits per heavy atom. The quantitative estimate of drug-likeness (QED) is 0.907. The van der Waals surface area contributed by atoms with E-state index >= 15 is 0 Å². The lowest BCUT2D eigenvalue weighted by Crippen LogP contribution is -2.05. The average molecular weight is 284 g/mol. The second-order valence-electron chi connectivity index (χ2n) is 4.37. The van der Waals surface area contributed by atoms with Gasteiger partial charge in [-0.15, -0.1) is 0 Å². The lowest BCUT2D eigenvalue weighted by atomic mass is 10.2. The Balaban J connectivity index is 2.13. The molecule has 0 atom stereocenters. The van der Waals surface area contributed by atoms with Crippen LogP contribution in [0.1, 0.15) is 17.0 Å². The van der Waals surface area contributed by atoms with Crippen LogP contribution >= 0.6 is 0 Å². The van der Waals surface area contributed by atoms with Crippen LogP contribution in [-0.2, 0) is 6.54 Å². The van der Waals surface area contributed by atoms with E-state index in [0.717, 1.165) is 11.3 Å². The maximum atomic E-state index is 8.90. The molecule has 0 spiro atoms. The Morgan fingerprint density at radius 3 is 2.57 bits per heavy atom. The Morgan fingerprint density at radius 1 is 1.14 bits per heavy atom. The molecule has 0 amide bonds. The molecule has 0 bridgehead atoms. The number of rotatable bonds is 5. The minimum Gasteiger partial charge on any atom is -0.493 e. The molecule has 1 aromatic heterocycles. The van der Waals surface area contributed by atoms with Crippen LogP contribution in [-0.4, -0.2) is 24.2 Å². The fourth-order valence-electron chi connectivity index (χ4n) is 1.88. The van der Waals surface area contributed by atoms with E-state index in [1.165, 1.54) is 0 Å². The molecule has 6 heteroatoms. The van der Waals surface area contributed by atoms with E-state index in [1.54, 1.807) is 20.3 Å². The summed E-state index contributed by atoms with van der Waals surface area (Å²) in [5.41, 5.74) is 2.09. The van der Waals surface area contributed by atoms with E-state index < -0.39 is 0 Å². The first-order chi connectivity index (χ1) is 10.2. The molecule has 0 radical (unpaired) electrons. The van der Waals surface area contributed by atoms with Crippen molar-refractivity contribution in [2.24, 2.45) is 0 Å². The molecular formula is C15H16N4O2. The highest BCUT2D eigenvalue weighted by molar-refractivity contribution is 5.44. The first kappa shape index (κ1) is 14.6. The number of benzene rings is 1. The van der Waals surface area contributed by atoms with Gasteiger partial charge < -0.3 is 14.8 Å². The largest absolute Gasteiger partial charge is 0.493 e. The van der Waals surface area contributed by atoms with Crippen molar-refractivity contribution >= 4 is 5.95 Å². The van der Waals surface area contributed by atoms with Gasteiger partial charge >= 0.3 is 0 Å². The molecule has 1 heterocycles. The third-order valence-electron chi connectivity index (χ3n) is 2.87. The van der Waals surface area contributed by atoms with Crippen LogP contribution in [0, 0.1) is 18.3 Å². The van der Waals surface area contributed by atoms with Crippen LogP contribution in [0.5, 0.6) is 11.5 Å². The molecule has 1 N–H and O–H groups in total. The molecular weight excluding hydrogens is 268 g/mol. The van der Waals surface area contributed by atoms with Crippen molar-refractivity contribution in [2.75, 3.05) is 19.5 Å². The molecule has 21 heavy (non-hydrogen) atoms. The number of aryl methyl sites for hydroxylation is 1. The Bertz CT molecular complexity index is 680. The molecule has 1 aromatic carbocycles. The number of aromatic nitrogens is 2. The predicted molar refractivity (Wildman–Crippen MR) is 78.4 cm³/mol. The van der Waals surface area contributed by atoms with Gasteiger partial charge in [0, 0.05) is 12.2 Å². The summed E-state index contributed by atoms with van der Waals surface area (Å²) in [5.74, 6) is 1.78. The highest BCUT2D eigenvalue weighted by atomic mass is 16.5.